The molecule has 414 valence electrons. The van der Waals surface area contributed by atoms with Gasteiger partial charge in [0.15, 0.2) is 17.5 Å². The van der Waals surface area contributed by atoms with Gasteiger partial charge in [-0.15, -0.1) is 0 Å². The molecule has 0 N–H and O–H groups in total. The third-order valence-corrected chi connectivity index (χ3v) is 16.8. The van der Waals surface area contributed by atoms with Crippen LogP contribution < -0.4 is 0 Å². The van der Waals surface area contributed by atoms with Gasteiger partial charge >= 0.3 is 0 Å². The summed E-state index contributed by atoms with van der Waals surface area (Å²) in [5.74, 6) is 1.37. The van der Waals surface area contributed by atoms with Crippen LogP contribution in [0.5, 0.6) is 0 Å². The lowest BCUT2D eigenvalue weighted by Crippen LogP contribution is -2.04. The predicted octanol–water partition coefficient (Wildman–Crippen LogP) is 18.8. The van der Waals surface area contributed by atoms with Crippen LogP contribution in [0.3, 0.4) is 0 Å². The molecule has 0 radical (unpaired) electrons. The highest BCUT2D eigenvalue weighted by Gasteiger charge is 2.25. The van der Waals surface area contributed by atoms with Gasteiger partial charge in [0, 0.05) is 49.5 Å². The van der Waals surface area contributed by atoms with Crippen molar-refractivity contribution in [3.63, 3.8) is 0 Å². The molecule has 90 heavy (non-hydrogen) atoms. The third kappa shape index (κ3) is 9.14. The summed E-state index contributed by atoms with van der Waals surface area (Å²) in [6, 6.07) is 99.4. The Morgan fingerprint density at radius 3 is 1.00 bits per heavy atom. The summed E-state index contributed by atoms with van der Waals surface area (Å²) in [5, 5.41) is 56.0. The van der Waals surface area contributed by atoms with Crippen LogP contribution in [0.4, 0.5) is 0 Å². The second kappa shape index (κ2) is 22.3. The summed E-state index contributed by atoms with van der Waals surface area (Å²) >= 11 is 0. The van der Waals surface area contributed by atoms with Gasteiger partial charge in [0.2, 0.25) is 0 Å². The molecule has 0 atom stereocenters. The molecular formula is C80H44N10. The molecule has 0 aliphatic rings. The molecule has 0 aliphatic carbocycles. The van der Waals surface area contributed by atoms with Crippen LogP contribution >= 0.6 is 0 Å². The maximum absolute atomic E-state index is 11.0. The predicted molar refractivity (Wildman–Crippen MR) is 356 cm³/mol. The van der Waals surface area contributed by atoms with Crippen molar-refractivity contribution >= 4 is 43.6 Å². The zero-order valence-electron chi connectivity index (χ0n) is 47.9. The molecule has 12 aromatic carbocycles. The Labute approximate surface area is 517 Å². The van der Waals surface area contributed by atoms with E-state index < -0.39 is 0 Å². The molecule has 0 unspecified atom stereocenters. The molecule has 15 aromatic rings. The molecule has 0 saturated carbocycles. The summed E-state index contributed by atoms with van der Waals surface area (Å²) in [6.07, 6.45) is 0. The van der Waals surface area contributed by atoms with E-state index in [1.165, 1.54) is 0 Å². The van der Waals surface area contributed by atoms with Gasteiger partial charge < -0.3 is 9.13 Å². The van der Waals surface area contributed by atoms with Crippen LogP contribution in [-0.2, 0) is 0 Å². The Kier molecular flexibility index (Phi) is 13.2. The van der Waals surface area contributed by atoms with Gasteiger partial charge in [-0.2, -0.15) is 26.3 Å². The minimum Gasteiger partial charge on any atom is -0.309 e. The van der Waals surface area contributed by atoms with Gasteiger partial charge in [-0.1, -0.05) is 158 Å². The minimum absolute atomic E-state index is 0.408. The Bertz CT molecular complexity index is 5400. The molecular weight excluding hydrogens is 1100 g/mol. The van der Waals surface area contributed by atoms with Crippen molar-refractivity contribution in [1.82, 2.24) is 24.1 Å². The molecule has 0 fully saturated rings. The first-order valence-corrected chi connectivity index (χ1v) is 29.1. The highest BCUT2D eigenvalue weighted by molar-refractivity contribution is 6.14. The van der Waals surface area contributed by atoms with Crippen molar-refractivity contribution in [2.75, 3.05) is 0 Å². The number of hydrogen-bond donors (Lipinski definition) is 0. The molecule has 0 spiro atoms. The number of nitriles is 5. The first-order valence-electron chi connectivity index (χ1n) is 29.1. The van der Waals surface area contributed by atoms with Gasteiger partial charge in [-0.05, 0) is 159 Å². The number of rotatable bonds is 10. The Morgan fingerprint density at radius 1 is 0.244 bits per heavy atom. The van der Waals surface area contributed by atoms with E-state index in [4.69, 9.17) is 15.0 Å². The highest BCUT2D eigenvalue weighted by atomic mass is 15.0. The van der Waals surface area contributed by atoms with E-state index in [0.29, 0.717) is 62.0 Å². The third-order valence-electron chi connectivity index (χ3n) is 16.8. The van der Waals surface area contributed by atoms with Crippen molar-refractivity contribution < 1.29 is 0 Å². The minimum atomic E-state index is 0.408. The molecule has 3 aromatic heterocycles. The molecule has 0 amide bonds. The van der Waals surface area contributed by atoms with Gasteiger partial charge in [0.05, 0.1) is 85.9 Å². The van der Waals surface area contributed by atoms with E-state index in [2.05, 4.69) is 118 Å². The van der Waals surface area contributed by atoms with Crippen LogP contribution in [0, 0.1) is 56.7 Å². The number of benzene rings is 12. The fraction of sp³-hybridized carbons (Fsp3) is 0. The molecule has 10 heteroatoms. The summed E-state index contributed by atoms with van der Waals surface area (Å²) in [4.78, 5) is 15.8. The Hall–Kier alpha value is -13.3. The van der Waals surface area contributed by atoms with Gasteiger partial charge in [-0.3, -0.25) is 0 Å². The van der Waals surface area contributed by atoms with Crippen molar-refractivity contribution in [1.29, 1.82) is 26.3 Å². The van der Waals surface area contributed by atoms with Crippen LogP contribution in [0.15, 0.2) is 267 Å². The molecule has 0 saturated heterocycles. The van der Waals surface area contributed by atoms with E-state index in [0.717, 1.165) is 111 Å². The van der Waals surface area contributed by atoms with E-state index >= 15 is 0 Å². The summed E-state index contributed by atoms with van der Waals surface area (Å²) < 4.78 is 4.48. The fourth-order valence-corrected chi connectivity index (χ4v) is 12.6. The lowest BCUT2D eigenvalue weighted by Gasteiger charge is -2.19. The average molecular weight is 1150 g/mol. The van der Waals surface area contributed by atoms with E-state index in [9.17, 15) is 26.3 Å². The summed E-state index contributed by atoms with van der Waals surface area (Å²) in [6.45, 7) is 0. The fourth-order valence-electron chi connectivity index (χ4n) is 12.6. The van der Waals surface area contributed by atoms with Crippen molar-refractivity contribution in [2.45, 2.75) is 0 Å². The topological polar surface area (TPSA) is 167 Å². The SMILES string of the molecule is N#Cc1ccc(-n2c3ccc(-c4ccccc4C#N)cc3c3cc(-c4ccccc4C#N)ccc32)c(-c2cc(-n3c4ccc(-c5ccccc5C#N)cc4c4cc(-c5ccccc5C#N)ccc43)ccc2-c2nc(-c3ccccc3)nc(-c3ccccc3)n2)c1. The van der Waals surface area contributed by atoms with E-state index in [1.807, 2.05) is 188 Å². The average Bonchev–Trinajstić information content (AvgIpc) is 1.60. The zero-order chi connectivity index (χ0) is 60.8. The van der Waals surface area contributed by atoms with Crippen molar-refractivity contribution in [2.24, 2.45) is 0 Å². The standard InChI is InChI=1S/C80H44N10/c81-45-50-27-34-75(90-76-37-30-55(64-25-13-9-21-59(64)48-84)42-71(76)72-43-56(31-38-77(72)90)65-26-14-10-22-60(65)49-85)68(39-50)67-44-61(32-33-66(67)80-87-78(51-15-3-1-4-16-51)86-79(88-80)52-17-5-2-6-18-52)89-73-35-28-53(62-23-11-7-19-57(62)46-82)40-69(73)70-41-54(29-36-74(70)89)63-24-12-8-20-58(63)47-83/h1-44H. The van der Waals surface area contributed by atoms with Gasteiger partial charge in [0.25, 0.3) is 0 Å². The Morgan fingerprint density at radius 2 is 0.611 bits per heavy atom. The summed E-state index contributed by atoms with van der Waals surface area (Å²) in [5.41, 5.74) is 18.1. The second-order valence-electron chi connectivity index (χ2n) is 21.8. The molecule has 15 rings (SSSR count). The van der Waals surface area contributed by atoms with Gasteiger partial charge in [0.1, 0.15) is 0 Å². The molecule has 3 heterocycles. The number of nitrogens with zero attached hydrogens (tertiary/aromatic N) is 10. The summed E-state index contributed by atoms with van der Waals surface area (Å²) in [7, 11) is 0. The van der Waals surface area contributed by atoms with Gasteiger partial charge in [-0.25, -0.2) is 15.0 Å². The monoisotopic (exact) mass is 1140 g/mol. The lowest BCUT2D eigenvalue weighted by atomic mass is 9.94. The van der Waals surface area contributed by atoms with Crippen LogP contribution in [0.2, 0.25) is 0 Å². The molecule has 0 aliphatic heterocycles. The second-order valence-corrected chi connectivity index (χ2v) is 21.8. The largest absolute Gasteiger partial charge is 0.309 e. The van der Waals surface area contributed by atoms with Crippen molar-refractivity contribution in [3.8, 4) is 132 Å². The van der Waals surface area contributed by atoms with Crippen molar-refractivity contribution in [3.05, 3.63) is 295 Å². The zero-order valence-corrected chi connectivity index (χ0v) is 47.9. The number of aromatic nitrogens is 5. The maximum Gasteiger partial charge on any atom is 0.164 e. The number of hydrogen-bond acceptors (Lipinski definition) is 8. The first kappa shape index (κ1) is 53.4. The van der Waals surface area contributed by atoms with Crippen LogP contribution in [0.1, 0.15) is 27.8 Å². The smallest absolute Gasteiger partial charge is 0.164 e. The van der Waals surface area contributed by atoms with Crippen LogP contribution in [-0.4, -0.2) is 24.1 Å². The Balaban J connectivity index is 1.04. The molecule has 0 bridgehead atoms. The quantitative estimate of drug-likeness (QED) is 0.130. The molecule has 10 nitrogen and oxygen atoms in total. The number of fused-ring (bicyclic) bond motifs is 6. The highest BCUT2D eigenvalue weighted by Crippen LogP contribution is 2.45. The maximum atomic E-state index is 11.0. The lowest BCUT2D eigenvalue weighted by molar-refractivity contribution is 1.07. The van der Waals surface area contributed by atoms with E-state index in [-0.39, 0.29) is 0 Å². The first-order chi connectivity index (χ1) is 44.4. The van der Waals surface area contributed by atoms with Crippen LogP contribution in [0.25, 0.3) is 145 Å². The normalized spacial score (nSPS) is 11.1. The van der Waals surface area contributed by atoms with E-state index in [1.54, 1.807) is 0 Å².